The quantitative estimate of drug-likeness (QED) is 0.767. The summed E-state index contributed by atoms with van der Waals surface area (Å²) in [7, 11) is 0. The number of aliphatic hydroxyl groups is 1. The average Bonchev–Trinajstić information content (AvgIpc) is 2.90. The summed E-state index contributed by atoms with van der Waals surface area (Å²) < 4.78 is 1.91. The molecule has 0 aliphatic heterocycles. The van der Waals surface area contributed by atoms with Gasteiger partial charge in [0.15, 0.2) is 0 Å². The number of hydrogen-bond acceptors (Lipinski definition) is 5. The molecule has 0 atom stereocenters. The highest BCUT2D eigenvalue weighted by molar-refractivity contribution is 5.76. The van der Waals surface area contributed by atoms with E-state index in [4.69, 9.17) is 0 Å². The van der Waals surface area contributed by atoms with Gasteiger partial charge in [-0.25, -0.2) is 15.0 Å². The summed E-state index contributed by atoms with van der Waals surface area (Å²) in [6, 6.07) is 4.15. The average molecular weight is 283 g/mol. The molecule has 3 aromatic heterocycles. The van der Waals surface area contributed by atoms with Crippen LogP contribution in [0.15, 0.2) is 37.1 Å². The van der Waals surface area contributed by atoms with Crippen LogP contribution in [0.2, 0.25) is 0 Å². The summed E-state index contributed by atoms with van der Waals surface area (Å²) in [4.78, 5) is 12.7. The smallest absolute Gasteiger partial charge is 0.149 e. The van der Waals surface area contributed by atoms with Crippen molar-refractivity contribution in [1.29, 1.82) is 0 Å². The van der Waals surface area contributed by atoms with E-state index in [9.17, 15) is 5.11 Å². The first-order chi connectivity index (χ1) is 10.2. The zero-order valence-corrected chi connectivity index (χ0v) is 12.0. The van der Waals surface area contributed by atoms with E-state index in [2.05, 4.69) is 34.1 Å². The molecule has 3 rings (SSSR count). The van der Waals surface area contributed by atoms with Crippen LogP contribution in [0.25, 0.3) is 16.9 Å². The number of nitrogens with one attached hydrogen (secondary N) is 1. The lowest BCUT2D eigenvalue weighted by atomic mass is 10.2. The Morgan fingerprint density at radius 3 is 2.90 bits per heavy atom. The summed E-state index contributed by atoms with van der Waals surface area (Å²) in [5.74, 6) is 0.754. The van der Waals surface area contributed by atoms with Crippen LogP contribution in [0.1, 0.15) is 19.4 Å². The monoisotopic (exact) mass is 283 g/mol. The van der Waals surface area contributed by atoms with Crippen LogP contribution in [0.3, 0.4) is 0 Å². The van der Waals surface area contributed by atoms with Gasteiger partial charge in [0.1, 0.15) is 17.8 Å². The summed E-state index contributed by atoms with van der Waals surface area (Å²) in [6.07, 6.45) is 6.90. The molecule has 6 heteroatoms. The summed E-state index contributed by atoms with van der Waals surface area (Å²) in [5, 5.41) is 13.7. The Bertz CT molecular complexity index is 766. The molecule has 21 heavy (non-hydrogen) atoms. The molecule has 0 saturated heterocycles. The summed E-state index contributed by atoms with van der Waals surface area (Å²) in [6.45, 7) is 4.07. The Kier molecular flexibility index (Phi) is 3.53. The zero-order chi connectivity index (χ0) is 14.8. The zero-order valence-electron chi connectivity index (χ0n) is 12.0. The van der Waals surface area contributed by atoms with Crippen LogP contribution >= 0.6 is 0 Å². The molecule has 0 unspecified atom stereocenters. The molecular formula is C15H17N5O. The topological polar surface area (TPSA) is 75.9 Å². The first-order valence-corrected chi connectivity index (χ1v) is 6.83. The fourth-order valence-electron chi connectivity index (χ4n) is 2.24. The Hall–Kier alpha value is -2.47. The van der Waals surface area contributed by atoms with Gasteiger partial charge in [0.25, 0.3) is 0 Å². The molecule has 0 aromatic carbocycles. The maximum Gasteiger partial charge on any atom is 0.149 e. The molecule has 0 saturated carbocycles. The van der Waals surface area contributed by atoms with Crippen molar-refractivity contribution < 1.29 is 5.11 Å². The first kappa shape index (κ1) is 13.5. The second-order valence-electron chi connectivity index (χ2n) is 5.14. The molecule has 3 aromatic rings. The van der Waals surface area contributed by atoms with Gasteiger partial charge in [-0.05, 0) is 19.9 Å². The summed E-state index contributed by atoms with van der Waals surface area (Å²) in [5.41, 5.74) is 2.47. The van der Waals surface area contributed by atoms with E-state index < -0.39 is 0 Å². The minimum Gasteiger partial charge on any atom is -0.392 e. The van der Waals surface area contributed by atoms with Gasteiger partial charge in [-0.2, -0.15) is 0 Å². The SMILES string of the molecule is CC(C)Nc1cc(-n2ccc3cncnc32)ncc1CO. The van der Waals surface area contributed by atoms with E-state index in [-0.39, 0.29) is 12.6 Å². The number of anilines is 1. The fraction of sp³-hybridized carbons (Fsp3) is 0.267. The van der Waals surface area contributed by atoms with E-state index in [1.165, 1.54) is 6.33 Å². The van der Waals surface area contributed by atoms with Gasteiger partial charge >= 0.3 is 0 Å². The van der Waals surface area contributed by atoms with Gasteiger partial charge in [-0.15, -0.1) is 0 Å². The van der Waals surface area contributed by atoms with Crippen molar-refractivity contribution in [2.75, 3.05) is 5.32 Å². The van der Waals surface area contributed by atoms with Crippen LogP contribution in [0, 0.1) is 0 Å². The lowest BCUT2D eigenvalue weighted by molar-refractivity contribution is 0.282. The standard InChI is InChI=1S/C15H17N5O/c1-10(2)19-13-5-14(17-7-12(13)8-21)20-4-3-11-6-16-9-18-15(11)20/h3-7,9-10,21H,8H2,1-2H3,(H,17,19). The van der Waals surface area contributed by atoms with Crippen molar-refractivity contribution in [3.63, 3.8) is 0 Å². The molecular weight excluding hydrogens is 266 g/mol. The molecule has 0 amide bonds. The number of aliphatic hydroxyl groups excluding tert-OH is 1. The van der Waals surface area contributed by atoms with Gasteiger partial charge < -0.3 is 10.4 Å². The Labute approximate surface area is 122 Å². The maximum absolute atomic E-state index is 9.42. The van der Waals surface area contributed by atoms with Crippen molar-refractivity contribution >= 4 is 16.7 Å². The third kappa shape index (κ3) is 2.57. The normalized spacial score (nSPS) is 11.2. The molecule has 0 radical (unpaired) electrons. The van der Waals surface area contributed by atoms with Crippen LogP contribution in [-0.2, 0) is 6.61 Å². The molecule has 2 N–H and O–H groups in total. The highest BCUT2D eigenvalue weighted by Gasteiger charge is 2.10. The molecule has 0 aliphatic rings. The number of pyridine rings is 1. The number of fused-ring (bicyclic) bond motifs is 1. The van der Waals surface area contributed by atoms with Crippen LogP contribution in [0.4, 0.5) is 5.69 Å². The van der Waals surface area contributed by atoms with Crippen molar-refractivity contribution in [3.8, 4) is 5.82 Å². The lowest BCUT2D eigenvalue weighted by Crippen LogP contribution is -2.12. The van der Waals surface area contributed by atoms with Crippen molar-refractivity contribution in [2.45, 2.75) is 26.5 Å². The second kappa shape index (κ2) is 5.49. The molecule has 0 aliphatic carbocycles. The molecule has 0 spiro atoms. The summed E-state index contributed by atoms with van der Waals surface area (Å²) >= 11 is 0. The van der Waals surface area contributed by atoms with Crippen LogP contribution in [-0.4, -0.2) is 30.7 Å². The van der Waals surface area contributed by atoms with Crippen LogP contribution in [0.5, 0.6) is 0 Å². The molecule has 6 nitrogen and oxygen atoms in total. The third-order valence-electron chi connectivity index (χ3n) is 3.18. The predicted octanol–water partition coefficient (Wildman–Crippen LogP) is 2.13. The Balaban J connectivity index is 2.10. The van der Waals surface area contributed by atoms with Crippen LogP contribution < -0.4 is 5.32 Å². The molecule has 3 heterocycles. The molecule has 0 fully saturated rings. The van der Waals surface area contributed by atoms with Gasteiger partial charge in [-0.3, -0.25) is 4.57 Å². The van der Waals surface area contributed by atoms with E-state index in [0.717, 1.165) is 28.1 Å². The second-order valence-corrected chi connectivity index (χ2v) is 5.14. The van der Waals surface area contributed by atoms with Crippen molar-refractivity contribution in [1.82, 2.24) is 19.5 Å². The van der Waals surface area contributed by atoms with E-state index in [0.29, 0.717) is 0 Å². The van der Waals surface area contributed by atoms with Crippen molar-refractivity contribution in [2.24, 2.45) is 0 Å². The highest BCUT2D eigenvalue weighted by atomic mass is 16.3. The minimum atomic E-state index is -0.0447. The number of hydrogen-bond donors (Lipinski definition) is 2. The number of nitrogens with zero attached hydrogens (tertiary/aromatic N) is 4. The highest BCUT2D eigenvalue weighted by Crippen LogP contribution is 2.22. The minimum absolute atomic E-state index is 0.0447. The fourth-order valence-corrected chi connectivity index (χ4v) is 2.24. The van der Waals surface area contributed by atoms with Gasteiger partial charge in [0.2, 0.25) is 0 Å². The maximum atomic E-state index is 9.42. The van der Waals surface area contributed by atoms with Crippen molar-refractivity contribution in [3.05, 3.63) is 42.6 Å². The third-order valence-corrected chi connectivity index (χ3v) is 3.18. The predicted molar refractivity (Wildman–Crippen MR) is 81.3 cm³/mol. The Morgan fingerprint density at radius 1 is 1.29 bits per heavy atom. The van der Waals surface area contributed by atoms with E-state index in [1.807, 2.05) is 22.9 Å². The van der Waals surface area contributed by atoms with Gasteiger partial charge in [0.05, 0.1) is 6.61 Å². The van der Waals surface area contributed by atoms with E-state index >= 15 is 0 Å². The largest absolute Gasteiger partial charge is 0.392 e. The van der Waals surface area contributed by atoms with E-state index in [1.54, 1.807) is 12.4 Å². The van der Waals surface area contributed by atoms with Gasteiger partial charge in [0, 0.05) is 47.3 Å². The molecule has 0 bridgehead atoms. The molecule has 108 valence electrons. The lowest BCUT2D eigenvalue weighted by Gasteiger charge is -2.15. The number of rotatable bonds is 4. The number of aromatic nitrogens is 4. The first-order valence-electron chi connectivity index (χ1n) is 6.83. The van der Waals surface area contributed by atoms with Gasteiger partial charge in [-0.1, -0.05) is 0 Å². The Morgan fingerprint density at radius 2 is 2.14 bits per heavy atom.